The van der Waals surface area contributed by atoms with Crippen LogP contribution >= 0.6 is 0 Å². The van der Waals surface area contributed by atoms with Gasteiger partial charge in [0.05, 0.1) is 11.7 Å². The number of nitrogens with zero attached hydrogens (tertiary/aromatic N) is 6. The van der Waals surface area contributed by atoms with Crippen molar-refractivity contribution in [1.82, 2.24) is 30.0 Å². The summed E-state index contributed by atoms with van der Waals surface area (Å²) in [6.45, 7) is 2.87. The summed E-state index contributed by atoms with van der Waals surface area (Å²) in [5.74, 6) is 0.847. The Morgan fingerprint density at radius 2 is 1.94 bits per heavy atom. The van der Waals surface area contributed by atoms with E-state index >= 15 is 0 Å². The molecule has 10 nitrogen and oxygen atoms in total. The molecule has 166 valence electrons. The van der Waals surface area contributed by atoms with Crippen LogP contribution in [0.1, 0.15) is 12.0 Å². The molecule has 0 radical (unpaired) electrons. The molecule has 3 N–H and O–H groups in total. The monoisotopic (exact) mass is 441 g/mol. The van der Waals surface area contributed by atoms with E-state index in [4.69, 9.17) is 0 Å². The molecule has 0 saturated carbocycles. The smallest absolute Gasteiger partial charge is 0.324 e. The van der Waals surface area contributed by atoms with Gasteiger partial charge in [-0.2, -0.15) is 0 Å². The molecule has 1 saturated heterocycles. The van der Waals surface area contributed by atoms with Crippen LogP contribution in [-0.4, -0.2) is 55.2 Å². The zero-order chi connectivity index (χ0) is 22.5. The molecule has 33 heavy (non-hydrogen) atoms. The summed E-state index contributed by atoms with van der Waals surface area (Å²) >= 11 is 0. The van der Waals surface area contributed by atoms with Crippen molar-refractivity contribution in [1.29, 1.82) is 0 Å². The molecule has 4 aromatic rings. The summed E-state index contributed by atoms with van der Waals surface area (Å²) in [7, 11) is 0. The van der Waals surface area contributed by atoms with Crippen LogP contribution in [0.4, 0.5) is 22.2 Å². The molecule has 1 unspecified atom stereocenters. The number of rotatable bonds is 6. The fourth-order valence-corrected chi connectivity index (χ4v) is 3.83. The predicted molar refractivity (Wildman–Crippen MR) is 126 cm³/mol. The first-order valence-corrected chi connectivity index (χ1v) is 10.7. The van der Waals surface area contributed by atoms with Crippen molar-refractivity contribution >= 4 is 34.5 Å². The van der Waals surface area contributed by atoms with Crippen LogP contribution in [0, 0.1) is 0 Å². The van der Waals surface area contributed by atoms with Gasteiger partial charge in [0.25, 0.3) is 0 Å². The highest BCUT2D eigenvalue weighted by Crippen LogP contribution is 2.19. The third-order valence-corrected chi connectivity index (χ3v) is 5.37. The van der Waals surface area contributed by atoms with Gasteiger partial charge in [-0.05, 0) is 30.2 Å². The number of likely N-dealkylation sites (tertiary alicyclic amines) is 1. The number of hydrogen-bond donors (Lipinski definition) is 3. The van der Waals surface area contributed by atoms with Gasteiger partial charge < -0.3 is 10.6 Å². The van der Waals surface area contributed by atoms with E-state index in [0.29, 0.717) is 28.5 Å². The van der Waals surface area contributed by atoms with Crippen LogP contribution in [0.15, 0.2) is 67.1 Å². The second-order valence-corrected chi connectivity index (χ2v) is 7.86. The van der Waals surface area contributed by atoms with Gasteiger partial charge in [-0.15, -0.1) is 10.2 Å². The molecule has 3 heterocycles. The Hall–Kier alpha value is -4.18. The zero-order valence-corrected chi connectivity index (χ0v) is 17.8. The Bertz CT molecular complexity index is 1240. The standard InChI is InChI=1S/C23H23N9O/c33-23(29-21-13-24-9-10-25-21)27-17-6-7-19-20(12-17)28-22(31-30-19)26-18-8-11-32(15-18)14-16-4-2-1-3-5-16/h1-7,9-10,12-13,18H,8,11,14-15H2,(H,26,28,31)(H2,25,27,29,33). The van der Waals surface area contributed by atoms with Crippen molar-refractivity contribution in [3.63, 3.8) is 0 Å². The number of carbonyl (C=O) groups excluding carboxylic acids is 1. The Morgan fingerprint density at radius 3 is 2.79 bits per heavy atom. The van der Waals surface area contributed by atoms with Crippen LogP contribution < -0.4 is 16.0 Å². The average molecular weight is 441 g/mol. The highest BCUT2D eigenvalue weighted by molar-refractivity contribution is 6.00. The first-order chi connectivity index (χ1) is 16.2. The van der Waals surface area contributed by atoms with Gasteiger partial charge in [-0.1, -0.05) is 30.3 Å². The first-order valence-electron chi connectivity index (χ1n) is 10.7. The number of amides is 2. The Kier molecular flexibility index (Phi) is 5.98. The van der Waals surface area contributed by atoms with E-state index in [9.17, 15) is 4.79 Å². The second kappa shape index (κ2) is 9.53. The quantitative estimate of drug-likeness (QED) is 0.417. The Labute approximate surface area is 190 Å². The van der Waals surface area contributed by atoms with Crippen molar-refractivity contribution in [2.24, 2.45) is 0 Å². The molecule has 1 atom stereocenters. The van der Waals surface area contributed by atoms with Gasteiger partial charge in [0.1, 0.15) is 5.52 Å². The first kappa shape index (κ1) is 20.7. The van der Waals surface area contributed by atoms with Crippen LogP contribution in [-0.2, 0) is 6.54 Å². The maximum Gasteiger partial charge on any atom is 0.324 e. The van der Waals surface area contributed by atoms with E-state index in [1.807, 2.05) is 6.07 Å². The molecule has 0 bridgehead atoms. The number of aromatic nitrogens is 5. The van der Waals surface area contributed by atoms with E-state index in [2.05, 4.69) is 70.3 Å². The maximum absolute atomic E-state index is 12.2. The largest absolute Gasteiger partial charge is 0.349 e. The fraction of sp³-hybridized carbons (Fsp3) is 0.217. The number of benzene rings is 2. The normalized spacial score (nSPS) is 15.9. The number of anilines is 3. The molecule has 2 amide bonds. The van der Waals surface area contributed by atoms with E-state index in [0.717, 1.165) is 26.1 Å². The van der Waals surface area contributed by atoms with Gasteiger partial charge in [0.2, 0.25) is 5.95 Å². The van der Waals surface area contributed by atoms with Gasteiger partial charge >= 0.3 is 6.03 Å². The molecule has 10 heteroatoms. The Balaban J connectivity index is 1.21. The van der Waals surface area contributed by atoms with Crippen molar-refractivity contribution in [3.05, 3.63) is 72.7 Å². The fourth-order valence-electron chi connectivity index (χ4n) is 3.83. The van der Waals surface area contributed by atoms with Crippen LogP contribution in [0.3, 0.4) is 0 Å². The average Bonchev–Trinajstić information content (AvgIpc) is 3.26. The molecule has 2 aromatic carbocycles. The van der Waals surface area contributed by atoms with E-state index in [1.165, 1.54) is 24.2 Å². The lowest BCUT2D eigenvalue weighted by Gasteiger charge is -2.16. The predicted octanol–water partition coefficient (Wildman–Crippen LogP) is 3.15. The maximum atomic E-state index is 12.2. The van der Waals surface area contributed by atoms with Crippen molar-refractivity contribution in [2.75, 3.05) is 29.0 Å². The lowest BCUT2D eigenvalue weighted by Crippen LogP contribution is -2.26. The molecule has 5 rings (SSSR count). The molecule has 2 aromatic heterocycles. The Morgan fingerprint density at radius 1 is 1.03 bits per heavy atom. The van der Waals surface area contributed by atoms with Gasteiger partial charge in [-0.3, -0.25) is 15.2 Å². The second-order valence-electron chi connectivity index (χ2n) is 7.86. The third-order valence-electron chi connectivity index (χ3n) is 5.37. The lowest BCUT2D eigenvalue weighted by atomic mass is 10.2. The molecule has 1 aliphatic heterocycles. The number of nitrogens with one attached hydrogen (secondary N) is 3. The highest BCUT2D eigenvalue weighted by Gasteiger charge is 2.23. The topological polar surface area (TPSA) is 121 Å². The summed E-state index contributed by atoms with van der Waals surface area (Å²) in [6, 6.07) is 15.6. The number of hydrogen-bond acceptors (Lipinski definition) is 8. The SMILES string of the molecule is O=C(Nc1ccc2nnc(NC3CCN(Cc4ccccc4)C3)nc2c1)Nc1cnccn1. The van der Waals surface area contributed by atoms with Crippen LogP contribution in [0.5, 0.6) is 0 Å². The summed E-state index contributed by atoms with van der Waals surface area (Å²) < 4.78 is 0. The van der Waals surface area contributed by atoms with E-state index < -0.39 is 6.03 Å². The molecule has 1 aliphatic rings. The van der Waals surface area contributed by atoms with Gasteiger partial charge in [0, 0.05) is 43.8 Å². The number of fused-ring (bicyclic) bond motifs is 1. The summed E-state index contributed by atoms with van der Waals surface area (Å²) in [5, 5.41) is 17.3. The van der Waals surface area contributed by atoms with E-state index in [-0.39, 0.29) is 6.04 Å². The van der Waals surface area contributed by atoms with Crippen molar-refractivity contribution in [2.45, 2.75) is 19.0 Å². The molecule has 1 fully saturated rings. The summed E-state index contributed by atoms with van der Waals surface area (Å²) in [6.07, 6.45) is 5.53. The highest BCUT2D eigenvalue weighted by atomic mass is 16.2. The van der Waals surface area contributed by atoms with Gasteiger partial charge in [0.15, 0.2) is 5.82 Å². The minimum absolute atomic E-state index is 0.257. The molecule has 0 spiro atoms. The van der Waals surface area contributed by atoms with Crippen LogP contribution in [0.25, 0.3) is 11.0 Å². The molecular weight excluding hydrogens is 418 g/mol. The third kappa shape index (κ3) is 5.36. The minimum atomic E-state index is -0.417. The van der Waals surface area contributed by atoms with Gasteiger partial charge in [-0.25, -0.2) is 14.8 Å². The zero-order valence-electron chi connectivity index (χ0n) is 17.8. The molecule has 0 aliphatic carbocycles. The van der Waals surface area contributed by atoms with Crippen molar-refractivity contribution in [3.8, 4) is 0 Å². The lowest BCUT2D eigenvalue weighted by molar-refractivity contribution is 0.262. The molecular formula is C23H23N9O. The summed E-state index contributed by atoms with van der Waals surface area (Å²) in [5.41, 5.74) is 3.19. The minimum Gasteiger partial charge on any atom is -0.349 e. The number of urea groups is 1. The van der Waals surface area contributed by atoms with Crippen LogP contribution in [0.2, 0.25) is 0 Å². The number of carbonyl (C=O) groups is 1. The van der Waals surface area contributed by atoms with E-state index in [1.54, 1.807) is 18.2 Å². The van der Waals surface area contributed by atoms with Crippen molar-refractivity contribution < 1.29 is 4.79 Å². The summed E-state index contributed by atoms with van der Waals surface area (Å²) in [4.78, 5) is 27.2.